The molecule has 4 nitrogen and oxygen atoms in total. The van der Waals surface area contributed by atoms with Crippen LogP contribution in [0, 0.1) is 0 Å². The Morgan fingerprint density at radius 3 is 2.23 bits per heavy atom. The second-order valence-electron chi connectivity index (χ2n) is 6.95. The molecule has 0 aliphatic rings. The molecule has 4 heteroatoms. The number of aliphatic hydroxyl groups is 2. The van der Waals surface area contributed by atoms with Gasteiger partial charge in [0, 0.05) is 12.0 Å². The summed E-state index contributed by atoms with van der Waals surface area (Å²) in [5, 5.41) is 18.7. The minimum Gasteiger partial charge on any atom is -0.394 e. The number of unbranched alkanes of at least 4 members (excludes halogenated alkanes) is 1. The molecule has 0 saturated heterocycles. The summed E-state index contributed by atoms with van der Waals surface area (Å²) in [4.78, 5) is 12.6. The number of aliphatic hydroxyl groups excluding tert-OH is 2. The van der Waals surface area contributed by atoms with Gasteiger partial charge in [0.05, 0.1) is 18.8 Å². The van der Waals surface area contributed by atoms with Crippen molar-refractivity contribution in [3.8, 4) is 0 Å². The van der Waals surface area contributed by atoms with Gasteiger partial charge in [-0.1, -0.05) is 54.6 Å². The van der Waals surface area contributed by atoms with E-state index in [2.05, 4.69) is 12.1 Å². The zero-order valence-electron chi connectivity index (χ0n) is 15.2. The molecule has 26 heavy (non-hydrogen) atoms. The Morgan fingerprint density at radius 1 is 0.885 bits per heavy atom. The minimum absolute atomic E-state index is 0.143. The van der Waals surface area contributed by atoms with Gasteiger partial charge in [-0.05, 0) is 43.2 Å². The third-order valence-electron chi connectivity index (χ3n) is 4.80. The van der Waals surface area contributed by atoms with Crippen molar-refractivity contribution in [2.45, 2.75) is 44.1 Å². The van der Waals surface area contributed by atoms with Gasteiger partial charge >= 0.3 is 0 Å². The largest absolute Gasteiger partial charge is 0.394 e. The van der Waals surface area contributed by atoms with Crippen molar-refractivity contribution in [1.29, 1.82) is 0 Å². The zero-order chi connectivity index (χ0) is 18.8. The van der Waals surface area contributed by atoms with Crippen LogP contribution in [0.4, 0.5) is 0 Å². The molecular formula is C22H29NO3. The maximum atomic E-state index is 12.6. The maximum absolute atomic E-state index is 12.6. The number of benzene rings is 2. The number of carbonyl (C=O) groups is 1. The van der Waals surface area contributed by atoms with Crippen LogP contribution in [-0.2, 0) is 12.8 Å². The highest BCUT2D eigenvalue weighted by Crippen LogP contribution is 2.18. The van der Waals surface area contributed by atoms with Crippen LogP contribution in [0.3, 0.4) is 0 Å². The molecule has 0 unspecified atom stereocenters. The van der Waals surface area contributed by atoms with Crippen molar-refractivity contribution < 1.29 is 15.0 Å². The van der Waals surface area contributed by atoms with Gasteiger partial charge in [-0.3, -0.25) is 4.79 Å². The molecule has 0 bridgehead atoms. The third kappa shape index (κ3) is 6.06. The molecule has 140 valence electrons. The van der Waals surface area contributed by atoms with Crippen LogP contribution in [-0.4, -0.2) is 34.7 Å². The first-order valence-electron chi connectivity index (χ1n) is 9.23. The lowest BCUT2D eigenvalue weighted by atomic mass is 9.90. The molecule has 0 spiro atoms. The fourth-order valence-electron chi connectivity index (χ4n) is 3.00. The first-order chi connectivity index (χ1) is 12.6. The summed E-state index contributed by atoms with van der Waals surface area (Å²) >= 11 is 0. The number of rotatable bonds is 11. The van der Waals surface area contributed by atoms with Crippen LogP contribution in [0.1, 0.15) is 47.2 Å². The van der Waals surface area contributed by atoms with Crippen molar-refractivity contribution >= 4 is 5.78 Å². The topological polar surface area (TPSA) is 83.6 Å². The van der Waals surface area contributed by atoms with E-state index >= 15 is 0 Å². The fourth-order valence-corrected chi connectivity index (χ4v) is 3.00. The molecule has 0 amide bonds. The average molecular weight is 355 g/mol. The van der Waals surface area contributed by atoms with Gasteiger partial charge in [-0.25, -0.2) is 0 Å². The van der Waals surface area contributed by atoms with E-state index in [-0.39, 0.29) is 19.0 Å². The average Bonchev–Trinajstić information content (AvgIpc) is 2.70. The van der Waals surface area contributed by atoms with Gasteiger partial charge in [0.1, 0.15) is 0 Å². The van der Waals surface area contributed by atoms with E-state index in [9.17, 15) is 15.0 Å². The maximum Gasteiger partial charge on any atom is 0.163 e. The van der Waals surface area contributed by atoms with Crippen LogP contribution in [0.5, 0.6) is 0 Å². The molecule has 0 heterocycles. The molecule has 0 fully saturated rings. The second-order valence-corrected chi connectivity index (χ2v) is 6.95. The minimum atomic E-state index is -1.01. The highest BCUT2D eigenvalue weighted by molar-refractivity contribution is 5.97. The normalized spacial score (nSPS) is 11.5. The molecule has 2 aromatic rings. The van der Waals surface area contributed by atoms with Gasteiger partial charge in [-0.2, -0.15) is 0 Å². The standard InChI is InChI=1S/C22H29NO3/c23-22(16-24,17-25)15-14-19-11-5-6-12-20(19)21(26)13-7-4-10-18-8-2-1-3-9-18/h1-3,5-6,8-9,11-12,24-25H,4,7,10,13-17,23H2. The molecule has 2 aromatic carbocycles. The molecule has 4 N–H and O–H groups in total. The molecule has 0 aliphatic heterocycles. The third-order valence-corrected chi connectivity index (χ3v) is 4.80. The van der Waals surface area contributed by atoms with E-state index in [4.69, 9.17) is 5.73 Å². The summed E-state index contributed by atoms with van der Waals surface area (Å²) in [6.07, 6.45) is 4.34. The fraction of sp³-hybridized carbons (Fsp3) is 0.409. The smallest absolute Gasteiger partial charge is 0.163 e. The van der Waals surface area contributed by atoms with Crippen LogP contribution < -0.4 is 5.73 Å². The van der Waals surface area contributed by atoms with E-state index in [1.165, 1.54) is 5.56 Å². The first-order valence-corrected chi connectivity index (χ1v) is 9.23. The first kappa shape index (κ1) is 20.3. The number of Topliss-reactive ketones (excluding diaryl/α,β-unsaturated/α-hetero) is 1. The quantitative estimate of drug-likeness (QED) is 0.427. The van der Waals surface area contributed by atoms with E-state index in [1.807, 2.05) is 42.5 Å². The number of ketones is 1. The Bertz CT molecular complexity index is 681. The Morgan fingerprint density at radius 2 is 1.54 bits per heavy atom. The van der Waals surface area contributed by atoms with Crippen LogP contribution in [0.25, 0.3) is 0 Å². The lowest BCUT2D eigenvalue weighted by Crippen LogP contribution is -2.47. The van der Waals surface area contributed by atoms with E-state index in [0.29, 0.717) is 19.3 Å². The van der Waals surface area contributed by atoms with Gasteiger partial charge in [0.2, 0.25) is 0 Å². The second kappa shape index (κ2) is 10.2. The number of carbonyl (C=O) groups excluding carboxylic acids is 1. The van der Waals surface area contributed by atoms with E-state index in [1.54, 1.807) is 0 Å². The molecule has 2 rings (SSSR count). The van der Waals surface area contributed by atoms with Crippen molar-refractivity contribution in [3.05, 3.63) is 71.3 Å². The van der Waals surface area contributed by atoms with Gasteiger partial charge in [0.25, 0.3) is 0 Å². The predicted octanol–water partition coefficient (Wildman–Crippen LogP) is 2.90. The number of hydrogen-bond acceptors (Lipinski definition) is 4. The summed E-state index contributed by atoms with van der Waals surface area (Å²) < 4.78 is 0. The van der Waals surface area contributed by atoms with E-state index in [0.717, 1.165) is 30.4 Å². The Labute approximate surface area is 155 Å². The molecule has 0 radical (unpaired) electrons. The summed E-state index contributed by atoms with van der Waals surface area (Å²) in [7, 11) is 0. The molecule has 0 aliphatic carbocycles. The van der Waals surface area contributed by atoms with Crippen molar-refractivity contribution in [1.82, 2.24) is 0 Å². The number of hydrogen-bond donors (Lipinski definition) is 3. The summed E-state index contributed by atoms with van der Waals surface area (Å²) in [5.74, 6) is 0.143. The molecule has 0 aromatic heterocycles. The molecule has 0 saturated carbocycles. The molecule has 0 atom stereocenters. The lowest BCUT2D eigenvalue weighted by Gasteiger charge is -2.24. The van der Waals surface area contributed by atoms with Crippen molar-refractivity contribution in [2.75, 3.05) is 13.2 Å². The summed E-state index contributed by atoms with van der Waals surface area (Å²) in [6.45, 7) is -0.557. The van der Waals surface area contributed by atoms with Gasteiger partial charge < -0.3 is 15.9 Å². The predicted molar refractivity (Wildman–Crippen MR) is 104 cm³/mol. The Kier molecular flexibility index (Phi) is 7.98. The Balaban J connectivity index is 1.88. The van der Waals surface area contributed by atoms with Crippen LogP contribution in [0.15, 0.2) is 54.6 Å². The SMILES string of the molecule is NC(CO)(CO)CCc1ccccc1C(=O)CCCCc1ccccc1. The van der Waals surface area contributed by atoms with Crippen LogP contribution >= 0.6 is 0 Å². The van der Waals surface area contributed by atoms with E-state index < -0.39 is 5.54 Å². The molecular weight excluding hydrogens is 326 g/mol. The van der Waals surface area contributed by atoms with Crippen molar-refractivity contribution in [3.63, 3.8) is 0 Å². The van der Waals surface area contributed by atoms with Gasteiger partial charge in [-0.15, -0.1) is 0 Å². The van der Waals surface area contributed by atoms with Gasteiger partial charge in [0.15, 0.2) is 5.78 Å². The monoisotopic (exact) mass is 355 g/mol. The summed E-state index contributed by atoms with van der Waals surface area (Å²) in [6, 6.07) is 17.8. The zero-order valence-corrected chi connectivity index (χ0v) is 15.2. The summed E-state index contributed by atoms with van der Waals surface area (Å²) in [5.41, 5.74) is 7.89. The highest BCUT2D eigenvalue weighted by atomic mass is 16.3. The van der Waals surface area contributed by atoms with Crippen LogP contribution in [0.2, 0.25) is 0 Å². The highest BCUT2D eigenvalue weighted by Gasteiger charge is 2.23. The van der Waals surface area contributed by atoms with Crippen molar-refractivity contribution in [2.24, 2.45) is 5.73 Å². The lowest BCUT2D eigenvalue weighted by molar-refractivity contribution is 0.0977. The number of aryl methyl sites for hydroxylation is 2. The Hall–Kier alpha value is -2.01. The number of nitrogens with two attached hydrogens (primary N) is 1.